The van der Waals surface area contributed by atoms with E-state index in [-0.39, 0.29) is 17.4 Å². The summed E-state index contributed by atoms with van der Waals surface area (Å²) in [7, 11) is 0. The Morgan fingerprint density at radius 3 is 3.00 bits per heavy atom. The third-order valence-electron chi connectivity index (χ3n) is 4.12. The summed E-state index contributed by atoms with van der Waals surface area (Å²) in [5.41, 5.74) is 7.15. The van der Waals surface area contributed by atoms with E-state index in [2.05, 4.69) is 9.97 Å². The molecule has 4 rings (SSSR count). The van der Waals surface area contributed by atoms with Gasteiger partial charge < -0.3 is 15.1 Å². The number of rotatable bonds is 1. The first-order valence-corrected chi connectivity index (χ1v) is 7.54. The van der Waals surface area contributed by atoms with Gasteiger partial charge in [-0.15, -0.1) is 0 Å². The van der Waals surface area contributed by atoms with Crippen LogP contribution in [0.1, 0.15) is 21.6 Å². The molecule has 2 aromatic heterocycles. The molecule has 0 aliphatic carbocycles. The van der Waals surface area contributed by atoms with E-state index in [1.807, 2.05) is 6.07 Å². The Bertz CT molecular complexity index is 1010. The second-order valence-electron chi connectivity index (χ2n) is 5.66. The van der Waals surface area contributed by atoms with Gasteiger partial charge in [-0.1, -0.05) is 18.2 Å². The number of amides is 1. The standard InChI is InChI=1S/C17H14N4O3/c18-17-19-8-11-5-6-21(9-13(11)20-17)15(22)12-7-10-3-1-2-4-14(10)24-16(12)23/h1-4,7-8H,5-6,9H2,(H2,18,19,20). The Balaban J connectivity index is 1.69. The molecule has 3 aromatic rings. The number of nitrogens with zero attached hydrogens (tertiary/aromatic N) is 3. The molecule has 7 nitrogen and oxygen atoms in total. The van der Waals surface area contributed by atoms with E-state index in [0.29, 0.717) is 36.2 Å². The van der Waals surface area contributed by atoms with Crippen molar-refractivity contribution < 1.29 is 9.21 Å². The lowest BCUT2D eigenvalue weighted by molar-refractivity contribution is 0.0727. The summed E-state index contributed by atoms with van der Waals surface area (Å²) in [6.07, 6.45) is 2.31. The van der Waals surface area contributed by atoms with Gasteiger partial charge in [0.1, 0.15) is 11.1 Å². The molecular formula is C17H14N4O3. The first kappa shape index (κ1) is 14.4. The van der Waals surface area contributed by atoms with E-state index in [0.717, 1.165) is 5.56 Å². The molecule has 120 valence electrons. The number of nitrogens with two attached hydrogens (primary N) is 1. The Kier molecular flexibility index (Phi) is 3.26. The van der Waals surface area contributed by atoms with Crippen molar-refractivity contribution in [3.63, 3.8) is 0 Å². The summed E-state index contributed by atoms with van der Waals surface area (Å²) < 4.78 is 5.24. The van der Waals surface area contributed by atoms with Gasteiger partial charge in [0.15, 0.2) is 0 Å². The maximum atomic E-state index is 12.8. The predicted molar refractivity (Wildman–Crippen MR) is 87.4 cm³/mol. The fraction of sp³-hybridized carbons (Fsp3) is 0.176. The molecular weight excluding hydrogens is 308 g/mol. The molecule has 0 saturated carbocycles. The van der Waals surface area contributed by atoms with Gasteiger partial charge in [-0.25, -0.2) is 14.8 Å². The van der Waals surface area contributed by atoms with Crippen molar-refractivity contribution in [1.82, 2.24) is 14.9 Å². The number of hydrogen-bond acceptors (Lipinski definition) is 6. The SMILES string of the molecule is Nc1ncc2c(n1)CN(C(=O)c1cc3ccccc3oc1=O)CC2. The van der Waals surface area contributed by atoms with Crippen LogP contribution in [0, 0.1) is 0 Å². The number of hydrogen-bond donors (Lipinski definition) is 1. The highest BCUT2D eigenvalue weighted by atomic mass is 16.4. The van der Waals surface area contributed by atoms with E-state index in [4.69, 9.17) is 10.2 Å². The van der Waals surface area contributed by atoms with E-state index in [9.17, 15) is 9.59 Å². The minimum atomic E-state index is -0.633. The number of carbonyl (C=O) groups is 1. The van der Waals surface area contributed by atoms with Crippen LogP contribution in [0.15, 0.2) is 45.7 Å². The summed E-state index contributed by atoms with van der Waals surface area (Å²) >= 11 is 0. The lowest BCUT2D eigenvalue weighted by Gasteiger charge is -2.27. The summed E-state index contributed by atoms with van der Waals surface area (Å²) in [6, 6.07) is 8.68. The summed E-state index contributed by atoms with van der Waals surface area (Å²) in [6.45, 7) is 0.790. The third-order valence-corrected chi connectivity index (χ3v) is 4.12. The molecule has 1 aromatic carbocycles. The second kappa shape index (κ2) is 5.45. The molecule has 7 heteroatoms. The molecule has 0 atom stereocenters. The van der Waals surface area contributed by atoms with E-state index in [1.54, 1.807) is 35.4 Å². The Morgan fingerprint density at radius 2 is 2.12 bits per heavy atom. The van der Waals surface area contributed by atoms with Crippen molar-refractivity contribution in [2.24, 2.45) is 0 Å². The maximum absolute atomic E-state index is 12.8. The average molecular weight is 322 g/mol. The van der Waals surface area contributed by atoms with Crippen molar-refractivity contribution in [3.8, 4) is 0 Å². The maximum Gasteiger partial charge on any atom is 0.349 e. The topological polar surface area (TPSA) is 102 Å². The Hall–Kier alpha value is -3.22. The first-order valence-electron chi connectivity index (χ1n) is 7.54. The molecule has 1 aliphatic rings. The summed E-state index contributed by atoms with van der Waals surface area (Å²) in [4.78, 5) is 34.6. The Morgan fingerprint density at radius 1 is 1.29 bits per heavy atom. The van der Waals surface area contributed by atoms with Crippen LogP contribution >= 0.6 is 0 Å². The smallest absolute Gasteiger partial charge is 0.349 e. The quantitative estimate of drug-likeness (QED) is 0.679. The minimum Gasteiger partial charge on any atom is -0.422 e. The zero-order valence-electron chi connectivity index (χ0n) is 12.7. The molecule has 0 unspecified atom stereocenters. The zero-order chi connectivity index (χ0) is 16.7. The second-order valence-corrected chi connectivity index (χ2v) is 5.66. The molecule has 1 amide bonds. The minimum absolute atomic E-state index is 0.0270. The molecule has 0 radical (unpaired) electrons. The average Bonchev–Trinajstić information content (AvgIpc) is 2.60. The number of anilines is 1. The fourth-order valence-corrected chi connectivity index (χ4v) is 2.87. The van der Waals surface area contributed by atoms with Crippen LogP contribution in [0.25, 0.3) is 11.0 Å². The van der Waals surface area contributed by atoms with Gasteiger partial charge in [0.2, 0.25) is 5.95 Å². The zero-order valence-corrected chi connectivity index (χ0v) is 12.7. The van der Waals surface area contributed by atoms with Crippen LogP contribution in [-0.4, -0.2) is 27.3 Å². The summed E-state index contributed by atoms with van der Waals surface area (Å²) in [5.74, 6) is -0.189. The molecule has 2 N–H and O–H groups in total. The molecule has 0 spiro atoms. The van der Waals surface area contributed by atoms with Gasteiger partial charge in [0.25, 0.3) is 5.91 Å². The highest BCUT2D eigenvalue weighted by molar-refractivity contribution is 5.96. The molecule has 0 saturated heterocycles. The predicted octanol–water partition coefficient (Wildman–Crippen LogP) is 1.36. The summed E-state index contributed by atoms with van der Waals surface area (Å²) in [5, 5.41) is 0.712. The number of nitrogen functional groups attached to an aromatic ring is 1. The normalized spacial score (nSPS) is 13.8. The van der Waals surface area contributed by atoms with E-state index in [1.165, 1.54) is 0 Å². The molecule has 0 bridgehead atoms. The number of benzene rings is 1. The molecule has 1 aliphatic heterocycles. The van der Waals surface area contributed by atoms with Gasteiger partial charge >= 0.3 is 5.63 Å². The highest BCUT2D eigenvalue weighted by Gasteiger charge is 2.25. The van der Waals surface area contributed by atoms with E-state index < -0.39 is 5.63 Å². The fourth-order valence-electron chi connectivity index (χ4n) is 2.87. The highest BCUT2D eigenvalue weighted by Crippen LogP contribution is 2.19. The van der Waals surface area contributed by atoms with Crippen molar-refractivity contribution in [2.75, 3.05) is 12.3 Å². The van der Waals surface area contributed by atoms with Crippen LogP contribution in [0.5, 0.6) is 0 Å². The van der Waals surface area contributed by atoms with Crippen molar-refractivity contribution >= 4 is 22.8 Å². The van der Waals surface area contributed by atoms with Crippen molar-refractivity contribution in [1.29, 1.82) is 0 Å². The monoisotopic (exact) mass is 322 g/mol. The van der Waals surface area contributed by atoms with Gasteiger partial charge in [0.05, 0.1) is 12.2 Å². The first-order chi connectivity index (χ1) is 11.6. The number of fused-ring (bicyclic) bond motifs is 2. The van der Waals surface area contributed by atoms with Gasteiger partial charge in [-0.05, 0) is 24.1 Å². The number of carbonyl (C=O) groups excluding carboxylic acids is 1. The van der Waals surface area contributed by atoms with Gasteiger partial charge in [-0.3, -0.25) is 4.79 Å². The van der Waals surface area contributed by atoms with Gasteiger partial charge in [0, 0.05) is 18.1 Å². The third kappa shape index (κ3) is 2.40. The van der Waals surface area contributed by atoms with Crippen molar-refractivity contribution in [2.45, 2.75) is 13.0 Å². The van der Waals surface area contributed by atoms with Crippen LogP contribution in [0.3, 0.4) is 0 Å². The molecule has 24 heavy (non-hydrogen) atoms. The van der Waals surface area contributed by atoms with Crippen LogP contribution in [-0.2, 0) is 13.0 Å². The molecule has 0 fully saturated rings. The van der Waals surface area contributed by atoms with E-state index >= 15 is 0 Å². The van der Waals surface area contributed by atoms with Crippen LogP contribution < -0.4 is 11.4 Å². The number of aromatic nitrogens is 2. The largest absolute Gasteiger partial charge is 0.422 e. The number of para-hydroxylation sites is 1. The van der Waals surface area contributed by atoms with Crippen molar-refractivity contribution in [3.05, 3.63) is 63.8 Å². The lowest BCUT2D eigenvalue weighted by atomic mass is 10.1. The van der Waals surface area contributed by atoms with Crippen LogP contribution in [0.4, 0.5) is 5.95 Å². The molecule has 3 heterocycles. The van der Waals surface area contributed by atoms with Crippen LogP contribution in [0.2, 0.25) is 0 Å². The van der Waals surface area contributed by atoms with Gasteiger partial charge in [-0.2, -0.15) is 0 Å². The lowest BCUT2D eigenvalue weighted by Crippen LogP contribution is -2.38. The Labute approximate surface area is 136 Å².